The third kappa shape index (κ3) is 8.75. The van der Waals surface area contributed by atoms with Gasteiger partial charge >= 0.3 is 5.97 Å². The summed E-state index contributed by atoms with van der Waals surface area (Å²) in [5.41, 5.74) is 1.03. The van der Waals surface area contributed by atoms with Crippen LogP contribution in [0.15, 0.2) is 54.6 Å². The number of rotatable bonds is 14. The van der Waals surface area contributed by atoms with E-state index in [1.165, 1.54) is 36.3 Å². The van der Waals surface area contributed by atoms with Crippen molar-refractivity contribution in [2.45, 2.75) is 39.4 Å². The monoisotopic (exact) mass is 488 g/mol. The van der Waals surface area contributed by atoms with E-state index in [9.17, 15) is 19.7 Å². The van der Waals surface area contributed by atoms with Crippen molar-refractivity contribution in [3.05, 3.63) is 75.8 Å². The van der Waals surface area contributed by atoms with Crippen LogP contribution >= 0.6 is 0 Å². The zero-order valence-electron chi connectivity index (χ0n) is 20.4. The largest absolute Gasteiger partial charge is 0.461 e. The number of esters is 1. The first kappa shape index (κ1) is 27.9. The highest BCUT2D eigenvalue weighted by atomic mass is 16.8. The van der Waals surface area contributed by atoms with Gasteiger partial charge in [-0.3, -0.25) is 19.7 Å². The highest BCUT2D eigenvalue weighted by Crippen LogP contribution is 2.19. The molecule has 0 aliphatic carbocycles. The Hall–Kier alpha value is -3.34. The maximum absolute atomic E-state index is 13.1. The van der Waals surface area contributed by atoms with Gasteiger partial charge in [-0.05, 0) is 31.0 Å². The number of nitro benzene ring substituents is 1. The summed E-state index contributed by atoms with van der Waals surface area (Å²) in [4.78, 5) is 37.5. The van der Waals surface area contributed by atoms with Crippen LogP contribution in [-0.2, 0) is 30.3 Å². The lowest BCUT2D eigenvalue weighted by Gasteiger charge is -2.31. The van der Waals surface area contributed by atoms with Crippen molar-refractivity contribution in [1.82, 2.24) is 4.90 Å². The van der Waals surface area contributed by atoms with Gasteiger partial charge < -0.3 is 23.8 Å². The number of benzene rings is 2. The fourth-order valence-electron chi connectivity index (χ4n) is 3.32. The number of methoxy groups -OCH3 is 1. The van der Waals surface area contributed by atoms with E-state index in [1.54, 1.807) is 20.9 Å². The van der Waals surface area contributed by atoms with Crippen LogP contribution in [0.5, 0.6) is 0 Å². The Morgan fingerprint density at radius 3 is 2.29 bits per heavy atom. The summed E-state index contributed by atoms with van der Waals surface area (Å²) in [5, 5.41) is 10.9. The van der Waals surface area contributed by atoms with Gasteiger partial charge in [-0.25, -0.2) is 0 Å². The second kappa shape index (κ2) is 14.1. The van der Waals surface area contributed by atoms with Crippen molar-refractivity contribution < 1.29 is 33.5 Å². The molecule has 0 N–H and O–H groups in total. The Kier molecular flexibility index (Phi) is 11.3. The summed E-state index contributed by atoms with van der Waals surface area (Å²) in [6.07, 6.45) is 0.255. The van der Waals surface area contributed by atoms with Crippen LogP contribution in [0.25, 0.3) is 0 Å². The van der Waals surface area contributed by atoms with Crippen molar-refractivity contribution in [1.29, 1.82) is 0 Å². The van der Waals surface area contributed by atoms with Gasteiger partial charge in [-0.15, -0.1) is 0 Å². The van der Waals surface area contributed by atoms with Crippen molar-refractivity contribution >= 4 is 17.6 Å². The van der Waals surface area contributed by atoms with Gasteiger partial charge in [0.25, 0.3) is 18.1 Å². The molecule has 0 heterocycles. The average molecular weight is 489 g/mol. The van der Waals surface area contributed by atoms with E-state index in [1.807, 2.05) is 30.3 Å². The molecule has 0 fully saturated rings. The molecule has 35 heavy (non-hydrogen) atoms. The van der Waals surface area contributed by atoms with E-state index >= 15 is 0 Å². The van der Waals surface area contributed by atoms with Gasteiger partial charge in [0.2, 0.25) is 0 Å². The minimum absolute atomic E-state index is 0.0318. The molecule has 10 nitrogen and oxygen atoms in total. The normalized spacial score (nSPS) is 13.5. The fraction of sp³-hybridized carbons (Fsp3) is 0.440. The molecule has 1 amide bonds. The van der Waals surface area contributed by atoms with Crippen molar-refractivity contribution in [3.63, 3.8) is 0 Å². The van der Waals surface area contributed by atoms with E-state index < -0.39 is 29.3 Å². The molecule has 0 aliphatic heterocycles. The number of ether oxygens (including phenoxy) is 4. The first-order valence-electron chi connectivity index (χ1n) is 11.2. The lowest BCUT2D eigenvalue weighted by molar-refractivity contribution is -0.384. The molecular formula is C25H32N2O8. The Bertz CT molecular complexity index is 952. The van der Waals surface area contributed by atoms with Crippen molar-refractivity contribution in [2.24, 2.45) is 5.92 Å². The van der Waals surface area contributed by atoms with E-state index in [2.05, 4.69) is 0 Å². The van der Waals surface area contributed by atoms with Crippen LogP contribution in [0.3, 0.4) is 0 Å². The molecule has 1 unspecified atom stereocenters. The summed E-state index contributed by atoms with van der Waals surface area (Å²) in [6, 6.07) is 14.1. The molecule has 10 heteroatoms. The summed E-state index contributed by atoms with van der Waals surface area (Å²) < 4.78 is 21.6. The second-order valence-electron chi connectivity index (χ2n) is 7.92. The van der Waals surface area contributed by atoms with Crippen molar-refractivity contribution in [3.8, 4) is 0 Å². The molecular weight excluding hydrogens is 456 g/mol. The fourth-order valence-corrected chi connectivity index (χ4v) is 3.32. The number of non-ortho nitro benzene ring substituents is 1. The molecule has 0 bridgehead atoms. The quantitative estimate of drug-likeness (QED) is 0.171. The van der Waals surface area contributed by atoms with E-state index in [0.29, 0.717) is 6.61 Å². The summed E-state index contributed by atoms with van der Waals surface area (Å²) in [7, 11) is 3.02. The number of amides is 1. The van der Waals surface area contributed by atoms with Gasteiger partial charge in [-0.2, -0.15) is 0 Å². The number of hydrogen-bond acceptors (Lipinski definition) is 8. The van der Waals surface area contributed by atoms with Gasteiger partial charge in [0.1, 0.15) is 6.61 Å². The molecule has 0 saturated carbocycles. The lowest BCUT2D eigenvalue weighted by Crippen LogP contribution is -2.43. The number of hydrogen-bond donors (Lipinski definition) is 0. The molecule has 0 spiro atoms. The van der Waals surface area contributed by atoms with Gasteiger partial charge in [0.05, 0.1) is 23.5 Å². The zero-order chi connectivity index (χ0) is 25.8. The van der Waals surface area contributed by atoms with Crippen LogP contribution in [0.2, 0.25) is 0 Å². The molecule has 3 atom stereocenters. The molecule has 2 rings (SSSR count). The van der Waals surface area contributed by atoms with Crippen molar-refractivity contribution in [2.75, 3.05) is 27.4 Å². The first-order valence-corrected chi connectivity index (χ1v) is 11.2. The number of carbonyl (C=O) groups excluding carboxylic acids is 2. The number of nitro groups is 1. The summed E-state index contributed by atoms with van der Waals surface area (Å²) >= 11 is 0. The van der Waals surface area contributed by atoms with Crippen LogP contribution in [0, 0.1) is 16.0 Å². The zero-order valence-corrected chi connectivity index (χ0v) is 20.4. The third-order valence-electron chi connectivity index (χ3n) is 5.36. The molecule has 2 aromatic rings. The van der Waals surface area contributed by atoms with Crippen LogP contribution < -0.4 is 0 Å². The second-order valence-corrected chi connectivity index (χ2v) is 7.92. The highest BCUT2D eigenvalue weighted by Gasteiger charge is 2.28. The SMILES string of the molecule is CCOC(OC)OC[C@H](C[C@H](C)C(=O)OCc1ccccc1)N(C)C(=O)c1ccc([N+](=O)[O-])cc1. The van der Waals surface area contributed by atoms with Crippen LogP contribution in [0.1, 0.15) is 36.2 Å². The van der Waals surface area contributed by atoms with Gasteiger partial charge in [0.15, 0.2) is 0 Å². The summed E-state index contributed by atoms with van der Waals surface area (Å²) in [6.45, 7) is 3.14. The predicted molar refractivity (Wildman–Crippen MR) is 127 cm³/mol. The van der Waals surface area contributed by atoms with Crippen LogP contribution in [0.4, 0.5) is 5.69 Å². The number of carbonyl (C=O) groups is 2. The maximum Gasteiger partial charge on any atom is 0.309 e. The molecule has 0 saturated heterocycles. The third-order valence-corrected chi connectivity index (χ3v) is 5.36. The minimum atomic E-state index is -0.925. The topological polar surface area (TPSA) is 117 Å². The molecule has 0 radical (unpaired) electrons. The van der Waals surface area contributed by atoms with E-state index in [0.717, 1.165) is 5.56 Å². The Morgan fingerprint density at radius 1 is 1.06 bits per heavy atom. The first-order chi connectivity index (χ1) is 16.8. The maximum atomic E-state index is 13.1. The lowest BCUT2D eigenvalue weighted by atomic mass is 10.0. The summed E-state index contributed by atoms with van der Waals surface area (Å²) in [5.74, 6) is -1.31. The Morgan fingerprint density at radius 2 is 1.71 bits per heavy atom. The molecule has 2 aromatic carbocycles. The van der Waals surface area contributed by atoms with E-state index in [4.69, 9.17) is 18.9 Å². The minimum Gasteiger partial charge on any atom is -0.461 e. The molecule has 0 aromatic heterocycles. The number of nitrogens with zero attached hydrogens (tertiary/aromatic N) is 2. The highest BCUT2D eigenvalue weighted by molar-refractivity contribution is 5.94. The molecule has 190 valence electrons. The Balaban J connectivity index is 2.10. The van der Waals surface area contributed by atoms with Crippen LogP contribution in [-0.4, -0.2) is 61.6 Å². The van der Waals surface area contributed by atoms with E-state index in [-0.39, 0.29) is 36.8 Å². The smallest absolute Gasteiger partial charge is 0.309 e. The molecule has 0 aliphatic rings. The standard InChI is InChI=1S/C25H32N2O8/c1-5-33-25(32-4)35-17-22(15-18(2)24(29)34-16-19-9-7-6-8-10-19)26(3)23(28)20-11-13-21(14-12-20)27(30)31/h6-14,18,22,25H,5,15-17H2,1-4H3/t18-,22-,25?/m0/s1. The predicted octanol–water partition coefficient (Wildman–Crippen LogP) is 3.79. The van der Waals surface area contributed by atoms with Gasteiger partial charge in [-0.1, -0.05) is 37.3 Å². The number of likely N-dealkylation sites (N-methyl/N-ethyl adjacent to an activating group) is 1. The Labute approximate surface area is 204 Å². The van der Waals surface area contributed by atoms with Gasteiger partial charge in [0, 0.05) is 38.5 Å². The average Bonchev–Trinajstić information content (AvgIpc) is 2.88.